The number of rotatable bonds is 10. The summed E-state index contributed by atoms with van der Waals surface area (Å²) in [5.74, 6) is -1.79. The van der Waals surface area contributed by atoms with Crippen LogP contribution in [-0.2, 0) is 6.42 Å². The molecule has 0 fully saturated rings. The third kappa shape index (κ3) is 5.95. The predicted molar refractivity (Wildman–Crippen MR) is 105 cm³/mol. The Kier molecular flexibility index (Phi) is 3.18. The summed E-state index contributed by atoms with van der Waals surface area (Å²) in [4.78, 5) is 0. The molecule has 2 rings (SSSR count). The van der Waals surface area contributed by atoms with Gasteiger partial charge in [-0.3, -0.25) is 0 Å². The predicted octanol–water partition coefficient (Wildman–Crippen LogP) is 4.47. The van der Waals surface area contributed by atoms with E-state index in [1.54, 1.807) is 0 Å². The van der Waals surface area contributed by atoms with Crippen LogP contribution in [-0.4, -0.2) is 31.9 Å². The molecule has 0 aliphatic carbocycles. The molecule has 0 aromatic heterocycles. The number of hydrogen-bond donors (Lipinski definition) is 1. The highest BCUT2D eigenvalue weighted by molar-refractivity contribution is 5.42. The molecule has 0 saturated carbocycles. The van der Waals surface area contributed by atoms with Gasteiger partial charge in [0.05, 0.1) is 36.7 Å². The van der Waals surface area contributed by atoms with E-state index in [1.807, 2.05) is 0 Å². The lowest BCUT2D eigenvalue weighted by atomic mass is 10.0. The van der Waals surface area contributed by atoms with E-state index in [-0.39, 0.29) is 35.6 Å². The van der Waals surface area contributed by atoms with Crippen molar-refractivity contribution in [1.29, 1.82) is 0 Å². The molecule has 4 nitrogen and oxygen atoms in total. The molecule has 1 atom stereocenters. The highest BCUT2D eigenvalue weighted by atomic mass is 16.5. The zero-order valence-electron chi connectivity index (χ0n) is 28.8. The van der Waals surface area contributed by atoms with E-state index in [0.717, 1.165) is 7.11 Å². The lowest BCUT2D eigenvalue weighted by molar-refractivity contribution is 0.0976. The molecule has 2 aromatic rings. The van der Waals surface area contributed by atoms with Gasteiger partial charge in [-0.05, 0) is 73.9 Å². The van der Waals surface area contributed by atoms with Crippen LogP contribution in [0.15, 0.2) is 36.3 Å². The normalized spacial score (nSPS) is 22.5. The van der Waals surface area contributed by atoms with E-state index in [4.69, 9.17) is 33.4 Å². The standard InChI is InChI=1S/C22H30O4/c1-16-9-11-20(13-17(16)2)26-15-19(23)8-6-5-7-18-10-12-21(24-3)22(14-18)25-4/h9-14,19,23H,5-8,15H2,1-4H3/i4D3,8D2,9D,10D,11D,12D,13D,14D,15D2,19D. The third-order valence-corrected chi connectivity index (χ3v) is 3.48. The minimum absolute atomic E-state index is 0.190. The molecule has 0 spiro atoms. The zero-order valence-corrected chi connectivity index (χ0v) is 14.8. The minimum atomic E-state index is -3.61. The lowest BCUT2D eigenvalue weighted by Crippen LogP contribution is -2.17. The van der Waals surface area contributed by atoms with Crippen LogP contribution in [0.4, 0.5) is 0 Å². The van der Waals surface area contributed by atoms with Crippen molar-refractivity contribution >= 4 is 0 Å². The van der Waals surface area contributed by atoms with Gasteiger partial charge in [0.2, 0.25) is 0 Å². The van der Waals surface area contributed by atoms with E-state index in [0.29, 0.717) is 0 Å². The molecule has 0 radical (unpaired) electrons. The van der Waals surface area contributed by atoms with Gasteiger partial charge >= 0.3 is 0 Å². The van der Waals surface area contributed by atoms with Gasteiger partial charge in [-0.2, -0.15) is 0 Å². The van der Waals surface area contributed by atoms with Crippen LogP contribution in [0, 0.1) is 13.8 Å². The second kappa shape index (κ2) is 10.1. The quantitative estimate of drug-likeness (QED) is 0.668. The lowest BCUT2D eigenvalue weighted by Gasteiger charge is -2.13. The summed E-state index contributed by atoms with van der Waals surface area (Å²) in [7, 11) is -1.90. The van der Waals surface area contributed by atoms with Crippen LogP contribution >= 0.6 is 0 Å². The molecular weight excluding hydrogens is 328 g/mol. The van der Waals surface area contributed by atoms with Crippen molar-refractivity contribution < 1.29 is 38.5 Å². The molecule has 4 heteroatoms. The number of benzene rings is 2. The van der Waals surface area contributed by atoms with Crippen molar-refractivity contribution in [3.8, 4) is 17.2 Å². The first-order chi connectivity index (χ1) is 18.0. The Labute approximate surface area is 176 Å². The van der Waals surface area contributed by atoms with Crippen LogP contribution in [0.2, 0.25) is 0 Å². The van der Waals surface area contributed by atoms with Gasteiger partial charge < -0.3 is 19.3 Å². The van der Waals surface area contributed by atoms with Crippen molar-refractivity contribution in [2.45, 2.75) is 45.6 Å². The SMILES string of the molecule is [2H]c1c([2H])c(OC([2H])([2H])C([2H])(O)C([2H])([2H])CCCc2c([2H])c([2H])c(OC)c(OC([2H])([2H])[2H])c2[2H])c([2H])c(C)c1C. The van der Waals surface area contributed by atoms with E-state index in [2.05, 4.69) is 0 Å². The van der Waals surface area contributed by atoms with Crippen LogP contribution in [0.1, 0.15) is 55.1 Å². The zero-order chi connectivity index (χ0) is 31.2. The first-order valence-corrected chi connectivity index (χ1v) is 7.86. The average Bonchev–Trinajstić information content (AvgIpc) is 2.84. The summed E-state index contributed by atoms with van der Waals surface area (Å²) in [6.07, 6.45) is -7.97. The fourth-order valence-corrected chi connectivity index (χ4v) is 1.95. The first-order valence-electron chi connectivity index (χ1n) is 14.9. The summed E-state index contributed by atoms with van der Waals surface area (Å²) < 4.78 is 126. The Balaban J connectivity index is 2.36. The fourth-order valence-electron chi connectivity index (χ4n) is 1.95. The Morgan fingerprint density at radius 1 is 1.12 bits per heavy atom. The molecule has 0 bridgehead atoms. The van der Waals surface area contributed by atoms with Crippen molar-refractivity contribution in [3.63, 3.8) is 0 Å². The monoisotopic (exact) mass is 372 g/mol. The van der Waals surface area contributed by atoms with Gasteiger partial charge in [0.15, 0.2) is 11.5 Å². The molecule has 0 amide bonds. The molecule has 0 heterocycles. The van der Waals surface area contributed by atoms with E-state index >= 15 is 0 Å². The Morgan fingerprint density at radius 2 is 1.96 bits per heavy atom. The Hall–Kier alpha value is -2.20. The number of hydrogen-bond acceptors (Lipinski definition) is 4. The Bertz CT molecular complexity index is 1240. The van der Waals surface area contributed by atoms with Crippen molar-refractivity contribution in [2.24, 2.45) is 0 Å². The van der Waals surface area contributed by atoms with Crippen molar-refractivity contribution in [1.82, 2.24) is 0 Å². The van der Waals surface area contributed by atoms with E-state index in [9.17, 15) is 5.11 Å². The van der Waals surface area contributed by atoms with Gasteiger partial charge in [0.25, 0.3) is 0 Å². The van der Waals surface area contributed by atoms with Gasteiger partial charge in [0.1, 0.15) is 12.3 Å². The van der Waals surface area contributed by atoms with E-state index < -0.39 is 79.9 Å². The van der Waals surface area contributed by atoms with E-state index in [1.165, 1.54) is 13.8 Å². The minimum Gasteiger partial charge on any atom is -0.493 e. The van der Waals surface area contributed by atoms with Crippen LogP contribution < -0.4 is 14.2 Å². The molecule has 0 aliphatic rings. The highest BCUT2D eigenvalue weighted by Crippen LogP contribution is 2.28. The van der Waals surface area contributed by atoms with Crippen molar-refractivity contribution in [3.05, 3.63) is 52.9 Å². The first kappa shape index (κ1) is 8.22. The molecule has 26 heavy (non-hydrogen) atoms. The maximum absolute atomic E-state index is 10.7. The molecule has 142 valence electrons. The van der Waals surface area contributed by atoms with Gasteiger partial charge in [-0.25, -0.2) is 0 Å². The second-order valence-corrected chi connectivity index (χ2v) is 5.36. The maximum atomic E-state index is 10.7. The highest BCUT2D eigenvalue weighted by Gasteiger charge is 2.07. The molecule has 2 aromatic carbocycles. The number of ether oxygens (including phenoxy) is 3. The van der Waals surface area contributed by atoms with Gasteiger partial charge in [0, 0.05) is 2.74 Å². The largest absolute Gasteiger partial charge is 0.493 e. The van der Waals surface area contributed by atoms with Crippen LogP contribution in [0.3, 0.4) is 0 Å². The Morgan fingerprint density at radius 3 is 2.73 bits per heavy atom. The number of methoxy groups -OCH3 is 2. The summed E-state index contributed by atoms with van der Waals surface area (Å²) in [5, 5.41) is 10.7. The van der Waals surface area contributed by atoms with Crippen LogP contribution in [0.25, 0.3) is 0 Å². The molecule has 1 unspecified atom stereocenters. The summed E-state index contributed by atoms with van der Waals surface area (Å²) >= 11 is 0. The average molecular weight is 373 g/mol. The van der Waals surface area contributed by atoms with Crippen LogP contribution in [0.5, 0.6) is 17.2 Å². The topological polar surface area (TPSA) is 47.9 Å². The second-order valence-electron chi connectivity index (χ2n) is 5.36. The summed E-state index contributed by atoms with van der Waals surface area (Å²) in [5.41, 5.74) is 0.295. The molecule has 0 aliphatic heterocycles. The summed E-state index contributed by atoms with van der Waals surface area (Å²) in [6.45, 7) is -0.575. The molecule has 1 N–H and O–H groups in total. The smallest absolute Gasteiger partial charge is 0.160 e. The third-order valence-electron chi connectivity index (χ3n) is 3.48. The van der Waals surface area contributed by atoms with Gasteiger partial charge in [-0.1, -0.05) is 18.5 Å². The number of aliphatic hydroxyl groups is 1. The maximum Gasteiger partial charge on any atom is 0.160 e. The molecule has 0 saturated heterocycles. The van der Waals surface area contributed by atoms with Gasteiger partial charge in [-0.15, -0.1) is 0 Å². The fraction of sp³-hybridized carbons (Fsp3) is 0.455. The molecular formula is C22H30O4. The summed E-state index contributed by atoms with van der Waals surface area (Å²) in [6, 6.07) is -3.14. The van der Waals surface area contributed by atoms with Crippen molar-refractivity contribution in [2.75, 3.05) is 20.7 Å².